The molecule has 27 heavy (non-hydrogen) atoms. The summed E-state index contributed by atoms with van der Waals surface area (Å²) in [4.78, 5) is 27.1. The van der Waals surface area contributed by atoms with Crippen molar-refractivity contribution in [1.29, 1.82) is 0 Å². The van der Waals surface area contributed by atoms with Crippen molar-refractivity contribution in [2.24, 2.45) is 11.7 Å². The molecule has 0 saturated carbocycles. The molecule has 0 atom stereocenters. The summed E-state index contributed by atoms with van der Waals surface area (Å²) in [5, 5.41) is 0. The van der Waals surface area contributed by atoms with E-state index in [1.54, 1.807) is 4.90 Å². The highest BCUT2D eigenvalue weighted by molar-refractivity contribution is 7.89. The van der Waals surface area contributed by atoms with E-state index in [0.717, 1.165) is 12.1 Å². The summed E-state index contributed by atoms with van der Waals surface area (Å²) in [6, 6.07) is 4.25. The zero-order valence-electron chi connectivity index (χ0n) is 14.9. The number of halogens is 1. The second-order valence-corrected chi connectivity index (χ2v) is 8.72. The quantitative estimate of drug-likeness (QED) is 0.798. The van der Waals surface area contributed by atoms with Crippen molar-refractivity contribution in [3.05, 3.63) is 30.1 Å². The highest BCUT2D eigenvalue weighted by Crippen LogP contribution is 2.22. The fourth-order valence-electron chi connectivity index (χ4n) is 3.51. The lowest BCUT2D eigenvalue weighted by atomic mass is 9.95. The van der Waals surface area contributed by atoms with E-state index in [4.69, 9.17) is 5.73 Å². The molecule has 0 aromatic heterocycles. The Hall–Kier alpha value is -2.20. The van der Waals surface area contributed by atoms with Gasteiger partial charge >= 0.3 is 6.03 Å². The molecular formula is C17H23FN4O4S. The van der Waals surface area contributed by atoms with E-state index in [9.17, 15) is 22.4 Å². The highest BCUT2D eigenvalue weighted by Gasteiger charge is 2.34. The third kappa shape index (κ3) is 4.22. The lowest BCUT2D eigenvalue weighted by Crippen LogP contribution is -2.53. The van der Waals surface area contributed by atoms with E-state index in [1.807, 2.05) is 0 Å². The van der Waals surface area contributed by atoms with Crippen LogP contribution in [0.2, 0.25) is 0 Å². The van der Waals surface area contributed by atoms with Gasteiger partial charge in [0.15, 0.2) is 0 Å². The molecule has 1 aromatic rings. The topological polar surface area (TPSA) is 104 Å². The lowest BCUT2D eigenvalue weighted by molar-refractivity contribution is -0.138. The molecule has 2 aliphatic rings. The molecular weight excluding hydrogens is 375 g/mol. The maximum Gasteiger partial charge on any atom is 0.314 e. The number of likely N-dealkylation sites (tertiary alicyclic amines) is 1. The Bertz CT molecular complexity index is 799. The van der Waals surface area contributed by atoms with Gasteiger partial charge < -0.3 is 15.5 Å². The summed E-state index contributed by atoms with van der Waals surface area (Å²) >= 11 is 0. The minimum absolute atomic E-state index is 0.00190. The molecule has 2 aliphatic heterocycles. The Morgan fingerprint density at radius 1 is 0.926 bits per heavy atom. The number of sulfonamides is 1. The first-order valence-electron chi connectivity index (χ1n) is 8.88. The van der Waals surface area contributed by atoms with Crippen LogP contribution in [0.4, 0.5) is 9.18 Å². The summed E-state index contributed by atoms with van der Waals surface area (Å²) in [6.07, 6.45) is 1.13. The fourth-order valence-corrected chi connectivity index (χ4v) is 4.93. The minimum Gasteiger partial charge on any atom is -0.351 e. The van der Waals surface area contributed by atoms with Crippen LogP contribution in [0.5, 0.6) is 0 Å². The smallest absolute Gasteiger partial charge is 0.314 e. The second kappa shape index (κ2) is 7.81. The van der Waals surface area contributed by atoms with Gasteiger partial charge in [0, 0.05) is 45.2 Å². The van der Waals surface area contributed by atoms with Crippen LogP contribution in [-0.2, 0) is 14.8 Å². The van der Waals surface area contributed by atoms with Crippen molar-refractivity contribution in [2.75, 3.05) is 39.3 Å². The van der Waals surface area contributed by atoms with E-state index < -0.39 is 21.9 Å². The number of benzene rings is 1. The molecule has 3 amide bonds. The van der Waals surface area contributed by atoms with Crippen LogP contribution < -0.4 is 5.73 Å². The molecule has 148 valence electrons. The largest absolute Gasteiger partial charge is 0.351 e. The molecule has 8 nitrogen and oxygen atoms in total. The van der Waals surface area contributed by atoms with Gasteiger partial charge in [0.2, 0.25) is 15.9 Å². The average Bonchev–Trinajstić information content (AvgIpc) is 2.68. The number of nitrogens with two attached hydrogens (primary N) is 1. The number of nitrogens with zero attached hydrogens (tertiary/aromatic N) is 3. The summed E-state index contributed by atoms with van der Waals surface area (Å²) in [7, 11) is -3.70. The number of primary amides is 1. The summed E-state index contributed by atoms with van der Waals surface area (Å²) in [6.45, 7) is 1.96. The molecule has 0 unspecified atom stereocenters. The average molecular weight is 398 g/mol. The molecule has 2 saturated heterocycles. The van der Waals surface area contributed by atoms with Gasteiger partial charge in [-0.15, -0.1) is 0 Å². The van der Waals surface area contributed by atoms with Crippen LogP contribution >= 0.6 is 0 Å². The van der Waals surface area contributed by atoms with Gasteiger partial charge in [-0.2, -0.15) is 4.31 Å². The molecule has 0 aliphatic carbocycles. The van der Waals surface area contributed by atoms with Gasteiger partial charge in [0.1, 0.15) is 5.82 Å². The van der Waals surface area contributed by atoms with Crippen LogP contribution in [0.15, 0.2) is 29.2 Å². The van der Waals surface area contributed by atoms with Crippen LogP contribution in [0.3, 0.4) is 0 Å². The first-order chi connectivity index (χ1) is 12.8. The Kier molecular flexibility index (Phi) is 5.66. The molecule has 10 heteroatoms. The van der Waals surface area contributed by atoms with Crippen LogP contribution in [0.1, 0.15) is 12.8 Å². The van der Waals surface area contributed by atoms with Gasteiger partial charge in [0.05, 0.1) is 4.90 Å². The van der Waals surface area contributed by atoms with Gasteiger partial charge in [-0.3, -0.25) is 4.79 Å². The monoisotopic (exact) mass is 398 g/mol. The standard InChI is InChI=1S/C17H23FN4O4S/c18-14-1-3-15(4-2-14)27(25,26)22-11-9-20(10-12-22)16(23)13-5-7-21(8-6-13)17(19)24/h1-4,13H,5-12H2,(H2,19,24). The van der Waals surface area contributed by atoms with E-state index in [1.165, 1.54) is 21.3 Å². The number of amides is 3. The van der Waals surface area contributed by atoms with Crippen molar-refractivity contribution in [1.82, 2.24) is 14.1 Å². The zero-order chi connectivity index (χ0) is 19.6. The number of carbonyl (C=O) groups excluding carboxylic acids is 2. The van der Waals surface area contributed by atoms with Crippen LogP contribution in [-0.4, -0.2) is 73.7 Å². The molecule has 2 heterocycles. The summed E-state index contributed by atoms with van der Waals surface area (Å²) in [5.41, 5.74) is 5.25. The van der Waals surface area contributed by atoms with Gasteiger partial charge in [-0.1, -0.05) is 0 Å². The number of urea groups is 1. The molecule has 0 spiro atoms. The number of carbonyl (C=O) groups is 2. The first-order valence-corrected chi connectivity index (χ1v) is 10.3. The first kappa shape index (κ1) is 19.6. The second-order valence-electron chi connectivity index (χ2n) is 6.78. The van der Waals surface area contributed by atoms with Crippen molar-refractivity contribution < 1.29 is 22.4 Å². The molecule has 3 rings (SSSR count). The Balaban J connectivity index is 1.56. The lowest BCUT2D eigenvalue weighted by Gasteiger charge is -2.37. The predicted octanol–water partition coefficient (Wildman–Crippen LogP) is 0.449. The van der Waals surface area contributed by atoms with Gasteiger partial charge in [-0.05, 0) is 37.1 Å². The van der Waals surface area contributed by atoms with Crippen molar-refractivity contribution >= 4 is 22.0 Å². The minimum atomic E-state index is -3.70. The number of hydrogen-bond donors (Lipinski definition) is 1. The maximum absolute atomic E-state index is 13.0. The Labute approximate surface area is 157 Å². The van der Waals surface area contributed by atoms with E-state index in [0.29, 0.717) is 39.0 Å². The van der Waals surface area contributed by atoms with E-state index in [-0.39, 0.29) is 29.8 Å². The molecule has 2 N–H and O–H groups in total. The Morgan fingerprint density at radius 2 is 1.48 bits per heavy atom. The Morgan fingerprint density at radius 3 is 2.00 bits per heavy atom. The molecule has 0 radical (unpaired) electrons. The number of hydrogen-bond acceptors (Lipinski definition) is 4. The highest BCUT2D eigenvalue weighted by atomic mass is 32.2. The third-order valence-electron chi connectivity index (χ3n) is 5.16. The number of piperazine rings is 1. The third-order valence-corrected chi connectivity index (χ3v) is 7.07. The summed E-state index contributed by atoms with van der Waals surface area (Å²) in [5.74, 6) is -0.662. The predicted molar refractivity (Wildman–Crippen MR) is 95.6 cm³/mol. The maximum atomic E-state index is 13.0. The van der Waals surface area contributed by atoms with Crippen molar-refractivity contribution in [3.63, 3.8) is 0 Å². The zero-order valence-corrected chi connectivity index (χ0v) is 15.7. The normalized spacial score (nSPS) is 19.9. The number of piperidine rings is 1. The van der Waals surface area contributed by atoms with E-state index in [2.05, 4.69) is 0 Å². The summed E-state index contributed by atoms with van der Waals surface area (Å²) < 4.78 is 39.6. The fraction of sp³-hybridized carbons (Fsp3) is 0.529. The van der Waals surface area contributed by atoms with Gasteiger partial charge in [-0.25, -0.2) is 17.6 Å². The van der Waals surface area contributed by atoms with Crippen LogP contribution in [0.25, 0.3) is 0 Å². The van der Waals surface area contributed by atoms with E-state index >= 15 is 0 Å². The van der Waals surface area contributed by atoms with Crippen molar-refractivity contribution in [2.45, 2.75) is 17.7 Å². The van der Waals surface area contributed by atoms with Crippen molar-refractivity contribution in [3.8, 4) is 0 Å². The van der Waals surface area contributed by atoms with Crippen LogP contribution in [0, 0.1) is 11.7 Å². The SMILES string of the molecule is NC(=O)N1CCC(C(=O)N2CCN(S(=O)(=O)c3ccc(F)cc3)CC2)CC1. The molecule has 1 aromatic carbocycles. The molecule has 0 bridgehead atoms. The number of rotatable bonds is 3. The van der Waals surface area contributed by atoms with Gasteiger partial charge in [0.25, 0.3) is 0 Å². The molecule has 2 fully saturated rings.